The van der Waals surface area contributed by atoms with Crippen LogP contribution in [0.3, 0.4) is 0 Å². The van der Waals surface area contributed by atoms with Crippen LogP contribution in [-0.2, 0) is 6.42 Å². The second-order valence-corrected chi connectivity index (χ2v) is 5.39. The number of hydrogen-bond acceptors (Lipinski definition) is 0. The molecule has 0 spiro atoms. The monoisotopic (exact) mass is 260 g/mol. The summed E-state index contributed by atoms with van der Waals surface area (Å²) in [5.41, 5.74) is 5.59. The summed E-state index contributed by atoms with van der Waals surface area (Å²) in [5.74, 6) is 0. The normalized spacial score (nSPS) is 10.9. The van der Waals surface area contributed by atoms with Gasteiger partial charge in [0.2, 0.25) is 0 Å². The Morgan fingerprint density at radius 1 is 0.800 bits per heavy atom. The average molecular weight is 260 g/mol. The predicted octanol–water partition coefficient (Wildman–Crippen LogP) is 5.77. The molecular weight excluding hydrogens is 240 g/mol. The molecule has 20 heavy (non-hydrogen) atoms. The van der Waals surface area contributed by atoms with E-state index in [1.807, 2.05) is 0 Å². The van der Waals surface area contributed by atoms with Gasteiger partial charge in [-0.1, -0.05) is 74.0 Å². The van der Waals surface area contributed by atoms with Crippen molar-refractivity contribution >= 4 is 10.8 Å². The lowest BCUT2D eigenvalue weighted by atomic mass is 9.89. The molecule has 0 aliphatic rings. The van der Waals surface area contributed by atoms with Gasteiger partial charge < -0.3 is 0 Å². The molecule has 0 bridgehead atoms. The Labute approximate surface area is 121 Å². The highest BCUT2D eigenvalue weighted by Gasteiger charge is 2.10. The quantitative estimate of drug-likeness (QED) is 0.561. The molecule has 0 aromatic heterocycles. The largest absolute Gasteiger partial charge is 0.0651 e. The number of hydrogen-bond donors (Lipinski definition) is 0. The van der Waals surface area contributed by atoms with Crippen molar-refractivity contribution in [3.8, 4) is 11.1 Å². The Morgan fingerprint density at radius 2 is 1.55 bits per heavy atom. The van der Waals surface area contributed by atoms with Gasteiger partial charge in [0.1, 0.15) is 0 Å². The Bertz CT molecular complexity index is 738. The molecule has 0 fully saturated rings. The molecule has 0 radical (unpaired) electrons. The topological polar surface area (TPSA) is 0 Å². The Kier molecular flexibility index (Phi) is 3.56. The van der Waals surface area contributed by atoms with Gasteiger partial charge in [-0.3, -0.25) is 0 Å². The van der Waals surface area contributed by atoms with Crippen molar-refractivity contribution in [2.75, 3.05) is 0 Å². The third-order valence-corrected chi connectivity index (χ3v) is 3.95. The van der Waals surface area contributed by atoms with Gasteiger partial charge in [-0.05, 0) is 46.4 Å². The molecule has 0 heteroatoms. The minimum Gasteiger partial charge on any atom is -0.0651 e. The molecule has 100 valence electrons. The van der Waals surface area contributed by atoms with E-state index in [0.29, 0.717) is 0 Å². The Morgan fingerprint density at radius 3 is 2.35 bits per heavy atom. The van der Waals surface area contributed by atoms with Crippen LogP contribution in [0.5, 0.6) is 0 Å². The Hall–Kier alpha value is -2.08. The van der Waals surface area contributed by atoms with Crippen LogP contribution in [0.2, 0.25) is 0 Å². The van der Waals surface area contributed by atoms with Crippen LogP contribution in [0.4, 0.5) is 0 Å². The highest BCUT2D eigenvalue weighted by atomic mass is 14.1. The first kappa shape index (κ1) is 12.9. The number of aryl methyl sites for hydroxylation is 2. The van der Waals surface area contributed by atoms with E-state index in [2.05, 4.69) is 74.5 Å². The van der Waals surface area contributed by atoms with E-state index >= 15 is 0 Å². The predicted molar refractivity (Wildman–Crippen MR) is 88.1 cm³/mol. The van der Waals surface area contributed by atoms with Crippen molar-refractivity contribution in [2.24, 2.45) is 0 Å². The number of rotatable bonds is 3. The van der Waals surface area contributed by atoms with E-state index in [4.69, 9.17) is 0 Å². The van der Waals surface area contributed by atoms with Crippen molar-refractivity contribution < 1.29 is 0 Å². The van der Waals surface area contributed by atoms with Gasteiger partial charge in [0.05, 0.1) is 0 Å². The van der Waals surface area contributed by atoms with Crippen molar-refractivity contribution in [1.82, 2.24) is 0 Å². The summed E-state index contributed by atoms with van der Waals surface area (Å²) >= 11 is 0. The molecule has 0 nitrogen and oxygen atoms in total. The molecular formula is C20H20. The number of benzene rings is 3. The van der Waals surface area contributed by atoms with E-state index in [1.165, 1.54) is 39.4 Å². The molecule has 3 aromatic rings. The molecule has 0 saturated carbocycles. The first-order valence-corrected chi connectivity index (χ1v) is 7.38. The molecule has 0 unspecified atom stereocenters. The zero-order valence-electron chi connectivity index (χ0n) is 12.2. The van der Waals surface area contributed by atoms with Gasteiger partial charge in [0, 0.05) is 0 Å². The van der Waals surface area contributed by atoms with E-state index < -0.39 is 0 Å². The minimum absolute atomic E-state index is 1.13. The molecule has 0 atom stereocenters. The summed E-state index contributed by atoms with van der Waals surface area (Å²) in [5, 5.41) is 2.69. The summed E-state index contributed by atoms with van der Waals surface area (Å²) in [4.78, 5) is 0. The summed E-state index contributed by atoms with van der Waals surface area (Å²) in [6.45, 7) is 4.45. The molecule has 0 aliphatic carbocycles. The van der Waals surface area contributed by atoms with E-state index in [0.717, 1.165) is 6.42 Å². The SMILES string of the molecule is CCCc1ccc2ccccc2c1-c1ccccc1C. The second kappa shape index (κ2) is 5.50. The van der Waals surface area contributed by atoms with Gasteiger partial charge in [-0.25, -0.2) is 0 Å². The minimum atomic E-state index is 1.13. The van der Waals surface area contributed by atoms with Crippen LogP contribution in [0.15, 0.2) is 60.7 Å². The first-order chi connectivity index (χ1) is 9.81. The van der Waals surface area contributed by atoms with Crippen LogP contribution in [0.25, 0.3) is 21.9 Å². The fraction of sp³-hybridized carbons (Fsp3) is 0.200. The van der Waals surface area contributed by atoms with Crippen LogP contribution >= 0.6 is 0 Å². The standard InChI is InChI=1S/C20H20/c1-3-8-17-14-13-16-10-5-7-12-19(16)20(17)18-11-6-4-9-15(18)2/h4-7,9-14H,3,8H2,1-2H3. The maximum absolute atomic E-state index is 2.30. The van der Waals surface area contributed by atoms with Crippen LogP contribution in [0, 0.1) is 6.92 Å². The smallest absolute Gasteiger partial charge is 0.00706 e. The van der Waals surface area contributed by atoms with Crippen LogP contribution in [-0.4, -0.2) is 0 Å². The fourth-order valence-electron chi connectivity index (χ4n) is 2.97. The maximum Gasteiger partial charge on any atom is -0.00706 e. The van der Waals surface area contributed by atoms with Crippen LogP contribution in [0.1, 0.15) is 24.5 Å². The fourth-order valence-corrected chi connectivity index (χ4v) is 2.97. The third kappa shape index (κ3) is 2.22. The zero-order chi connectivity index (χ0) is 13.9. The molecule has 3 rings (SSSR count). The lowest BCUT2D eigenvalue weighted by Gasteiger charge is -2.15. The van der Waals surface area contributed by atoms with Gasteiger partial charge >= 0.3 is 0 Å². The van der Waals surface area contributed by atoms with Crippen molar-refractivity contribution in [1.29, 1.82) is 0 Å². The molecule has 0 heterocycles. The zero-order valence-corrected chi connectivity index (χ0v) is 12.2. The van der Waals surface area contributed by atoms with Gasteiger partial charge in [-0.15, -0.1) is 0 Å². The molecule has 0 aliphatic heterocycles. The average Bonchev–Trinajstić information content (AvgIpc) is 2.48. The Balaban J connectivity index is 2.36. The highest BCUT2D eigenvalue weighted by molar-refractivity contribution is 5.99. The van der Waals surface area contributed by atoms with E-state index in [9.17, 15) is 0 Å². The van der Waals surface area contributed by atoms with Gasteiger partial charge in [-0.2, -0.15) is 0 Å². The van der Waals surface area contributed by atoms with Crippen molar-refractivity contribution in [3.05, 3.63) is 71.8 Å². The molecule has 0 N–H and O–H groups in total. The lowest BCUT2D eigenvalue weighted by Crippen LogP contribution is -1.93. The van der Waals surface area contributed by atoms with Gasteiger partial charge in [0.15, 0.2) is 0 Å². The maximum atomic E-state index is 2.30. The van der Waals surface area contributed by atoms with Crippen molar-refractivity contribution in [3.63, 3.8) is 0 Å². The number of fused-ring (bicyclic) bond motifs is 1. The first-order valence-electron chi connectivity index (χ1n) is 7.38. The summed E-state index contributed by atoms with van der Waals surface area (Å²) in [6, 6.07) is 22.0. The molecule has 3 aromatic carbocycles. The van der Waals surface area contributed by atoms with Gasteiger partial charge in [0.25, 0.3) is 0 Å². The van der Waals surface area contributed by atoms with Crippen molar-refractivity contribution in [2.45, 2.75) is 26.7 Å². The second-order valence-electron chi connectivity index (χ2n) is 5.39. The lowest BCUT2D eigenvalue weighted by molar-refractivity contribution is 0.925. The van der Waals surface area contributed by atoms with Crippen LogP contribution < -0.4 is 0 Å². The van der Waals surface area contributed by atoms with E-state index in [-0.39, 0.29) is 0 Å². The summed E-state index contributed by atoms with van der Waals surface area (Å²) in [6.07, 6.45) is 2.31. The molecule has 0 amide bonds. The highest BCUT2D eigenvalue weighted by Crippen LogP contribution is 2.34. The summed E-state index contributed by atoms with van der Waals surface area (Å²) < 4.78 is 0. The molecule has 0 saturated heterocycles. The van der Waals surface area contributed by atoms with E-state index in [1.54, 1.807) is 0 Å². The summed E-state index contributed by atoms with van der Waals surface area (Å²) in [7, 11) is 0. The third-order valence-electron chi connectivity index (χ3n) is 3.95.